The van der Waals surface area contributed by atoms with E-state index in [1.165, 1.54) is 31.3 Å². The molecule has 1 saturated heterocycles. The molecule has 1 fully saturated rings. The Bertz CT molecular complexity index is 1270. The van der Waals surface area contributed by atoms with Gasteiger partial charge in [-0.05, 0) is 37.1 Å². The highest BCUT2D eigenvalue weighted by Gasteiger charge is 2.42. The molecular formula is C24H23F3N6O4. The highest BCUT2D eigenvalue weighted by atomic mass is 19.4. The van der Waals surface area contributed by atoms with Crippen molar-refractivity contribution in [2.75, 3.05) is 23.3 Å². The molecule has 3 heterocycles. The normalized spacial score (nSPS) is 14.2. The Labute approximate surface area is 209 Å². The fourth-order valence-electron chi connectivity index (χ4n) is 3.83. The second-order valence-electron chi connectivity index (χ2n) is 8.35. The topological polar surface area (TPSA) is 129 Å². The lowest BCUT2D eigenvalue weighted by molar-refractivity contribution is -0.153. The lowest BCUT2D eigenvalue weighted by Gasteiger charge is -2.32. The number of nitrogens with zero attached hydrogens (tertiary/aromatic N) is 3. The predicted octanol–water partition coefficient (Wildman–Crippen LogP) is 3.39. The molecule has 1 aliphatic heterocycles. The summed E-state index contributed by atoms with van der Waals surface area (Å²) in [5.74, 6) is -3.19. The monoisotopic (exact) mass is 516 g/mol. The molecule has 1 aromatic carbocycles. The number of halogens is 3. The molecule has 0 radical (unpaired) electrons. The van der Waals surface area contributed by atoms with Crippen LogP contribution < -0.4 is 21.1 Å². The van der Waals surface area contributed by atoms with Crippen LogP contribution in [0, 0.1) is 5.92 Å². The molecule has 10 nitrogen and oxygen atoms in total. The Morgan fingerprint density at radius 1 is 1.03 bits per heavy atom. The lowest BCUT2D eigenvalue weighted by atomic mass is 9.96. The largest absolute Gasteiger partial charge is 0.452 e. The van der Waals surface area contributed by atoms with Crippen LogP contribution >= 0.6 is 0 Å². The number of hydrogen-bond acceptors (Lipinski definition) is 7. The van der Waals surface area contributed by atoms with Gasteiger partial charge in [-0.25, -0.2) is 9.97 Å². The van der Waals surface area contributed by atoms with E-state index in [1.807, 2.05) is 4.90 Å². The second-order valence-corrected chi connectivity index (χ2v) is 8.35. The third-order valence-electron chi connectivity index (χ3n) is 5.68. The third kappa shape index (κ3) is 6.23. The van der Waals surface area contributed by atoms with Gasteiger partial charge in [-0.2, -0.15) is 13.2 Å². The van der Waals surface area contributed by atoms with Crippen molar-refractivity contribution in [3.63, 3.8) is 0 Å². The number of nitrogens with one attached hydrogen (secondary N) is 3. The third-order valence-corrected chi connectivity index (χ3v) is 5.68. The van der Waals surface area contributed by atoms with E-state index in [0.29, 0.717) is 37.3 Å². The van der Waals surface area contributed by atoms with E-state index in [0.717, 1.165) is 0 Å². The zero-order valence-corrected chi connectivity index (χ0v) is 19.6. The maximum atomic E-state index is 13.5. The molecule has 4 rings (SSSR count). The number of hydrogen-bond donors (Lipinski definition) is 3. The van der Waals surface area contributed by atoms with Crippen molar-refractivity contribution in [2.24, 2.45) is 5.92 Å². The van der Waals surface area contributed by atoms with Gasteiger partial charge in [0, 0.05) is 31.5 Å². The molecule has 0 atom stereocenters. The number of hydrazine groups is 1. The van der Waals surface area contributed by atoms with Gasteiger partial charge < -0.3 is 14.6 Å². The fraction of sp³-hybridized carbons (Fsp3) is 0.292. The molecule has 0 saturated carbocycles. The number of aromatic nitrogens is 2. The summed E-state index contributed by atoms with van der Waals surface area (Å²) in [5.41, 5.74) is 4.24. The Balaban J connectivity index is 1.40. The number of alkyl halides is 3. The number of benzene rings is 1. The number of carbonyl (C=O) groups excluding carboxylic acids is 3. The number of rotatable bonds is 5. The molecule has 3 N–H and O–H groups in total. The average molecular weight is 516 g/mol. The van der Waals surface area contributed by atoms with Crippen molar-refractivity contribution < 1.29 is 32.0 Å². The van der Waals surface area contributed by atoms with Crippen LogP contribution in [0.5, 0.6) is 0 Å². The summed E-state index contributed by atoms with van der Waals surface area (Å²) in [5, 5.41) is 2.38. The van der Waals surface area contributed by atoms with Gasteiger partial charge in [-0.15, -0.1) is 0 Å². The van der Waals surface area contributed by atoms with E-state index >= 15 is 0 Å². The summed E-state index contributed by atoms with van der Waals surface area (Å²) >= 11 is 0. The van der Waals surface area contributed by atoms with E-state index in [4.69, 9.17) is 4.42 Å². The summed E-state index contributed by atoms with van der Waals surface area (Å²) in [7, 11) is 0. The number of oxazole rings is 1. The van der Waals surface area contributed by atoms with E-state index in [-0.39, 0.29) is 29.3 Å². The Morgan fingerprint density at radius 3 is 2.32 bits per heavy atom. The quantitative estimate of drug-likeness (QED) is 0.444. The maximum Gasteiger partial charge on any atom is 0.452 e. The molecule has 1 aliphatic rings. The first kappa shape index (κ1) is 25.7. The van der Waals surface area contributed by atoms with Gasteiger partial charge in [-0.1, -0.05) is 18.2 Å². The highest BCUT2D eigenvalue weighted by Crippen LogP contribution is 2.35. The van der Waals surface area contributed by atoms with Gasteiger partial charge in [-0.3, -0.25) is 25.2 Å². The molecule has 0 unspecified atom stereocenters. The van der Waals surface area contributed by atoms with E-state index in [1.54, 1.807) is 24.3 Å². The van der Waals surface area contributed by atoms with Crippen LogP contribution in [0.2, 0.25) is 0 Å². The molecule has 3 aromatic rings. The minimum Gasteiger partial charge on any atom is -0.431 e. The van der Waals surface area contributed by atoms with Crippen LogP contribution in [0.15, 0.2) is 53.1 Å². The van der Waals surface area contributed by atoms with Crippen LogP contribution in [-0.4, -0.2) is 40.8 Å². The average Bonchev–Trinajstić information content (AvgIpc) is 3.35. The summed E-state index contributed by atoms with van der Waals surface area (Å²) < 4.78 is 45.5. The van der Waals surface area contributed by atoms with Gasteiger partial charge in [0.25, 0.3) is 5.91 Å². The van der Waals surface area contributed by atoms with Crippen LogP contribution in [0.4, 0.5) is 24.7 Å². The number of pyridine rings is 1. The molecule has 3 amide bonds. The number of amides is 3. The minimum absolute atomic E-state index is 0.177. The second kappa shape index (κ2) is 10.7. The van der Waals surface area contributed by atoms with E-state index < -0.39 is 23.5 Å². The Kier molecular flexibility index (Phi) is 7.41. The molecule has 13 heteroatoms. The van der Waals surface area contributed by atoms with Crippen LogP contribution in [0.25, 0.3) is 11.5 Å². The molecule has 0 aliphatic carbocycles. The zero-order valence-electron chi connectivity index (χ0n) is 19.6. The summed E-state index contributed by atoms with van der Waals surface area (Å²) in [6.07, 6.45) is -2.50. The first-order valence-electron chi connectivity index (χ1n) is 11.3. The van der Waals surface area contributed by atoms with Crippen molar-refractivity contribution in [1.29, 1.82) is 0 Å². The van der Waals surface area contributed by atoms with Crippen molar-refractivity contribution >= 4 is 29.2 Å². The smallest absolute Gasteiger partial charge is 0.431 e. The molecular weight excluding hydrogens is 493 g/mol. The Morgan fingerprint density at radius 2 is 1.73 bits per heavy atom. The first-order chi connectivity index (χ1) is 17.6. The first-order valence-corrected chi connectivity index (χ1v) is 11.3. The molecule has 0 spiro atoms. The number of piperidine rings is 1. The van der Waals surface area contributed by atoms with Gasteiger partial charge in [0.05, 0.1) is 11.9 Å². The van der Waals surface area contributed by atoms with E-state index in [9.17, 15) is 27.6 Å². The standard InChI is InChI=1S/C24H23F3N6O4/c1-14(34)31-32-21(35)15-9-11-33(12-10-15)18-8-7-17(13-28-18)29-22(36)19-20(24(25,26)27)37-23(30-19)16-5-3-2-4-6-16/h2-8,13,15H,9-12H2,1H3,(H,29,36)(H,31,34)(H,32,35). The van der Waals surface area contributed by atoms with Crippen molar-refractivity contribution in [1.82, 2.24) is 20.8 Å². The molecule has 194 valence electrons. The predicted molar refractivity (Wildman–Crippen MR) is 126 cm³/mol. The maximum absolute atomic E-state index is 13.5. The van der Waals surface area contributed by atoms with Gasteiger partial charge in [0.2, 0.25) is 23.5 Å². The van der Waals surface area contributed by atoms with Crippen molar-refractivity contribution in [3.8, 4) is 11.5 Å². The highest BCUT2D eigenvalue weighted by molar-refractivity contribution is 6.04. The summed E-state index contributed by atoms with van der Waals surface area (Å²) in [4.78, 5) is 45.7. The fourth-order valence-corrected chi connectivity index (χ4v) is 3.83. The van der Waals surface area contributed by atoms with Gasteiger partial charge in [0.15, 0.2) is 5.69 Å². The lowest BCUT2D eigenvalue weighted by Crippen LogP contribution is -2.46. The summed E-state index contributed by atoms with van der Waals surface area (Å²) in [6.45, 7) is 2.36. The molecule has 2 aromatic heterocycles. The SMILES string of the molecule is CC(=O)NNC(=O)C1CCN(c2ccc(NC(=O)c3nc(-c4ccccc4)oc3C(F)(F)F)cn2)CC1. The zero-order chi connectivity index (χ0) is 26.6. The van der Waals surface area contributed by atoms with Crippen molar-refractivity contribution in [2.45, 2.75) is 25.9 Å². The van der Waals surface area contributed by atoms with Gasteiger partial charge >= 0.3 is 6.18 Å². The van der Waals surface area contributed by atoms with Gasteiger partial charge in [0.1, 0.15) is 5.82 Å². The van der Waals surface area contributed by atoms with Crippen molar-refractivity contribution in [3.05, 3.63) is 60.1 Å². The van der Waals surface area contributed by atoms with Crippen LogP contribution in [0.1, 0.15) is 36.0 Å². The van der Waals surface area contributed by atoms with Crippen LogP contribution in [0.3, 0.4) is 0 Å². The number of anilines is 2. The molecule has 37 heavy (non-hydrogen) atoms. The Hall–Kier alpha value is -4.42. The summed E-state index contributed by atoms with van der Waals surface area (Å²) in [6, 6.07) is 11.1. The molecule has 0 bridgehead atoms. The van der Waals surface area contributed by atoms with Crippen LogP contribution in [-0.2, 0) is 15.8 Å². The minimum atomic E-state index is -4.92. The van der Waals surface area contributed by atoms with E-state index in [2.05, 4.69) is 26.1 Å². The number of carbonyl (C=O) groups is 3.